The van der Waals surface area contributed by atoms with E-state index in [0.29, 0.717) is 16.4 Å². The first-order valence-electron chi connectivity index (χ1n) is 5.52. The molecule has 2 aromatic carbocycles. The van der Waals surface area contributed by atoms with E-state index in [-0.39, 0.29) is 11.4 Å². The van der Waals surface area contributed by atoms with Gasteiger partial charge in [-0.3, -0.25) is 0 Å². The zero-order valence-electron chi connectivity index (χ0n) is 10.1. The van der Waals surface area contributed by atoms with E-state index < -0.39 is 5.97 Å². The highest BCUT2D eigenvalue weighted by atomic mass is 35.5. The second-order valence-corrected chi connectivity index (χ2v) is 4.38. The van der Waals surface area contributed by atoms with Gasteiger partial charge in [0.2, 0.25) is 0 Å². The molecule has 0 saturated heterocycles. The normalized spacial score (nSPS) is 10.3. The van der Waals surface area contributed by atoms with Gasteiger partial charge in [-0.1, -0.05) is 17.7 Å². The number of hydrogen-bond acceptors (Lipinski definition) is 2. The molecule has 0 aromatic heterocycles. The molecule has 0 aliphatic rings. The minimum Gasteiger partial charge on any atom is -0.478 e. The lowest BCUT2D eigenvalue weighted by Gasteiger charge is -2.22. The van der Waals surface area contributed by atoms with Crippen molar-refractivity contribution in [3.8, 4) is 0 Å². The summed E-state index contributed by atoms with van der Waals surface area (Å²) in [5, 5.41) is 9.51. The van der Waals surface area contributed by atoms with E-state index in [1.54, 1.807) is 36.2 Å². The first-order valence-corrected chi connectivity index (χ1v) is 5.89. The van der Waals surface area contributed by atoms with Gasteiger partial charge in [0.25, 0.3) is 0 Å². The Bertz CT molecular complexity index is 613. The number of hydrogen-bond donors (Lipinski definition) is 1. The summed E-state index contributed by atoms with van der Waals surface area (Å²) in [6, 6.07) is 10.4. The zero-order chi connectivity index (χ0) is 14.0. The van der Waals surface area contributed by atoms with Gasteiger partial charge < -0.3 is 10.0 Å². The topological polar surface area (TPSA) is 40.5 Å². The van der Waals surface area contributed by atoms with E-state index in [1.807, 2.05) is 0 Å². The number of carboxylic acids is 1. The van der Waals surface area contributed by atoms with E-state index in [9.17, 15) is 14.3 Å². The number of halogens is 2. The van der Waals surface area contributed by atoms with Gasteiger partial charge in [0.15, 0.2) is 0 Å². The van der Waals surface area contributed by atoms with Crippen molar-refractivity contribution in [1.82, 2.24) is 0 Å². The summed E-state index contributed by atoms with van der Waals surface area (Å²) in [5.74, 6) is -1.42. The lowest BCUT2D eigenvalue weighted by atomic mass is 10.1. The number of aromatic carboxylic acids is 1. The van der Waals surface area contributed by atoms with Gasteiger partial charge in [-0.15, -0.1) is 0 Å². The number of carbonyl (C=O) groups is 1. The molecule has 2 aromatic rings. The molecular formula is C14H11ClFNO2. The van der Waals surface area contributed by atoms with Gasteiger partial charge >= 0.3 is 5.97 Å². The van der Waals surface area contributed by atoms with Gasteiger partial charge in [0, 0.05) is 12.7 Å². The van der Waals surface area contributed by atoms with Crippen LogP contribution in [-0.2, 0) is 0 Å². The molecule has 0 heterocycles. The summed E-state index contributed by atoms with van der Waals surface area (Å²) in [6.07, 6.45) is 0. The van der Waals surface area contributed by atoms with Crippen LogP contribution in [-0.4, -0.2) is 18.1 Å². The smallest absolute Gasteiger partial charge is 0.337 e. The molecule has 0 radical (unpaired) electrons. The molecule has 0 aliphatic heterocycles. The maximum absolute atomic E-state index is 12.9. The van der Waals surface area contributed by atoms with Gasteiger partial charge in [0.05, 0.1) is 16.3 Å². The molecule has 98 valence electrons. The first kappa shape index (κ1) is 13.4. The molecular weight excluding hydrogens is 269 g/mol. The van der Waals surface area contributed by atoms with E-state index in [4.69, 9.17) is 11.6 Å². The summed E-state index contributed by atoms with van der Waals surface area (Å²) in [6.45, 7) is 0. The molecule has 2 rings (SSSR count). The maximum atomic E-state index is 12.9. The Labute approximate surface area is 114 Å². The van der Waals surface area contributed by atoms with E-state index in [2.05, 4.69) is 0 Å². The third kappa shape index (κ3) is 2.69. The van der Waals surface area contributed by atoms with Crippen molar-refractivity contribution in [2.75, 3.05) is 11.9 Å². The third-order valence-corrected chi connectivity index (χ3v) is 3.07. The van der Waals surface area contributed by atoms with Crippen LogP contribution < -0.4 is 4.90 Å². The molecule has 0 atom stereocenters. The standard InChI is InChI=1S/C14H11ClFNO2/c1-17(10-7-5-9(16)6-8-10)13-11(14(18)19)3-2-4-12(13)15/h2-8H,1H3,(H,18,19). The van der Waals surface area contributed by atoms with Gasteiger partial charge in [-0.2, -0.15) is 0 Å². The summed E-state index contributed by atoms with van der Waals surface area (Å²) in [5.41, 5.74) is 1.12. The van der Waals surface area contributed by atoms with Crippen LogP contribution in [0.25, 0.3) is 0 Å². The van der Waals surface area contributed by atoms with Crippen molar-refractivity contribution in [1.29, 1.82) is 0 Å². The van der Waals surface area contributed by atoms with Crippen LogP contribution in [0.5, 0.6) is 0 Å². The fourth-order valence-corrected chi connectivity index (χ4v) is 2.12. The van der Waals surface area contributed by atoms with Crippen molar-refractivity contribution in [3.63, 3.8) is 0 Å². The average molecular weight is 280 g/mol. The number of nitrogens with zero attached hydrogens (tertiary/aromatic N) is 1. The summed E-state index contributed by atoms with van der Waals surface area (Å²) < 4.78 is 12.9. The molecule has 5 heteroatoms. The van der Waals surface area contributed by atoms with Crippen molar-refractivity contribution < 1.29 is 14.3 Å². The van der Waals surface area contributed by atoms with Crippen molar-refractivity contribution >= 4 is 28.9 Å². The lowest BCUT2D eigenvalue weighted by molar-refractivity contribution is 0.0697. The van der Waals surface area contributed by atoms with Crippen LogP contribution in [0.4, 0.5) is 15.8 Å². The Morgan fingerprint density at radius 1 is 1.21 bits per heavy atom. The molecule has 3 nitrogen and oxygen atoms in total. The molecule has 0 saturated carbocycles. The van der Waals surface area contributed by atoms with Gasteiger partial charge in [0.1, 0.15) is 5.82 Å². The summed E-state index contributed by atoms with van der Waals surface area (Å²) in [7, 11) is 1.68. The minimum absolute atomic E-state index is 0.0966. The fourth-order valence-electron chi connectivity index (χ4n) is 1.82. The molecule has 0 amide bonds. The molecule has 0 aliphatic carbocycles. The Hall–Kier alpha value is -2.07. The van der Waals surface area contributed by atoms with Crippen LogP contribution in [0.15, 0.2) is 42.5 Å². The lowest BCUT2D eigenvalue weighted by Crippen LogP contribution is -2.14. The molecule has 0 spiro atoms. The summed E-state index contributed by atoms with van der Waals surface area (Å²) in [4.78, 5) is 12.8. The molecule has 19 heavy (non-hydrogen) atoms. The van der Waals surface area contributed by atoms with Crippen molar-refractivity contribution in [2.45, 2.75) is 0 Å². The SMILES string of the molecule is CN(c1ccc(F)cc1)c1c(Cl)cccc1C(=O)O. The predicted molar refractivity (Wildman–Crippen MR) is 72.9 cm³/mol. The van der Waals surface area contributed by atoms with Crippen LogP contribution in [0, 0.1) is 5.82 Å². The van der Waals surface area contributed by atoms with Crippen LogP contribution in [0.3, 0.4) is 0 Å². The molecule has 0 unspecified atom stereocenters. The van der Waals surface area contributed by atoms with E-state index in [1.165, 1.54) is 18.2 Å². The quantitative estimate of drug-likeness (QED) is 0.925. The van der Waals surface area contributed by atoms with Crippen LogP contribution >= 0.6 is 11.6 Å². The summed E-state index contributed by atoms with van der Waals surface area (Å²) >= 11 is 6.07. The largest absolute Gasteiger partial charge is 0.478 e. The Morgan fingerprint density at radius 3 is 2.42 bits per heavy atom. The Morgan fingerprint density at radius 2 is 1.84 bits per heavy atom. The highest BCUT2D eigenvalue weighted by molar-refractivity contribution is 6.34. The van der Waals surface area contributed by atoms with Crippen molar-refractivity contribution in [2.24, 2.45) is 0 Å². The third-order valence-electron chi connectivity index (χ3n) is 2.77. The second kappa shape index (κ2) is 5.28. The maximum Gasteiger partial charge on any atom is 0.337 e. The van der Waals surface area contributed by atoms with Crippen molar-refractivity contribution in [3.05, 3.63) is 58.9 Å². The second-order valence-electron chi connectivity index (χ2n) is 3.98. The van der Waals surface area contributed by atoms with E-state index in [0.717, 1.165) is 0 Å². The number of anilines is 2. The first-order chi connectivity index (χ1) is 9.00. The molecule has 1 N–H and O–H groups in total. The number of para-hydroxylation sites is 1. The Balaban J connectivity index is 2.52. The Kier molecular flexibility index (Phi) is 3.71. The number of carboxylic acid groups (broad SMARTS) is 1. The fraction of sp³-hybridized carbons (Fsp3) is 0.0714. The highest BCUT2D eigenvalue weighted by Crippen LogP contribution is 2.33. The number of rotatable bonds is 3. The molecule has 0 fully saturated rings. The van der Waals surface area contributed by atoms with Gasteiger partial charge in [-0.05, 0) is 36.4 Å². The number of benzene rings is 2. The molecule has 0 bridgehead atoms. The minimum atomic E-state index is -1.06. The monoisotopic (exact) mass is 279 g/mol. The average Bonchev–Trinajstić information content (AvgIpc) is 2.38. The predicted octanol–water partition coefficient (Wildman–Crippen LogP) is 3.95. The van der Waals surface area contributed by atoms with Crippen LogP contribution in [0.1, 0.15) is 10.4 Å². The highest BCUT2D eigenvalue weighted by Gasteiger charge is 2.17. The van der Waals surface area contributed by atoms with Gasteiger partial charge in [-0.25, -0.2) is 9.18 Å². The zero-order valence-corrected chi connectivity index (χ0v) is 10.9. The van der Waals surface area contributed by atoms with Crippen LogP contribution in [0.2, 0.25) is 5.02 Å². The van der Waals surface area contributed by atoms with E-state index >= 15 is 0 Å².